The number of imide groups is 1. The number of amides is 2. The van der Waals surface area contributed by atoms with E-state index in [1.807, 2.05) is 6.07 Å². The van der Waals surface area contributed by atoms with E-state index in [1.54, 1.807) is 54.4 Å². The third-order valence-electron chi connectivity index (χ3n) is 5.37. The molecule has 168 valence electrons. The maximum Gasteiger partial charge on any atom is 0.282 e. The van der Waals surface area contributed by atoms with Crippen molar-refractivity contribution in [1.29, 1.82) is 0 Å². The van der Waals surface area contributed by atoms with Gasteiger partial charge in [-0.15, -0.1) is 0 Å². The third kappa shape index (κ3) is 3.80. The van der Waals surface area contributed by atoms with Gasteiger partial charge in [-0.3, -0.25) is 9.59 Å². The minimum Gasteiger partial charge on any atom is -0.493 e. The van der Waals surface area contributed by atoms with Gasteiger partial charge in [0.05, 0.1) is 25.5 Å². The number of hydrogen-bond acceptors (Lipinski definition) is 5. The predicted octanol–water partition coefficient (Wildman–Crippen LogP) is 4.40. The van der Waals surface area contributed by atoms with E-state index in [-0.39, 0.29) is 17.0 Å². The van der Waals surface area contributed by atoms with E-state index in [2.05, 4.69) is 0 Å². The number of carbonyl (C=O) groups is 2. The van der Waals surface area contributed by atoms with Crippen LogP contribution in [0.3, 0.4) is 0 Å². The first kappa shape index (κ1) is 22.0. The smallest absolute Gasteiger partial charge is 0.282 e. The molecular formula is C25H20F2N2O4. The van der Waals surface area contributed by atoms with Crippen molar-refractivity contribution in [2.45, 2.75) is 0 Å². The molecule has 0 saturated heterocycles. The SMILES string of the molecule is COc1ccc(C2=C(N(C)c3ccccc3)C(=O)N(c3ccc(F)c(F)c3)C2=O)cc1OC. The van der Waals surface area contributed by atoms with Gasteiger partial charge in [0, 0.05) is 18.8 Å². The standard InChI is InChI=1S/C25H20F2N2O4/c1-28(16-7-5-4-6-8-16)23-22(15-9-12-20(32-2)21(13-15)33-3)24(30)29(25(23)31)17-10-11-18(26)19(27)14-17/h4-14H,1-3H3. The lowest BCUT2D eigenvalue weighted by molar-refractivity contribution is -0.120. The second kappa shape index (κ2) is 8.74. The molecular weight excluding hydrogens is 430 g/mol. The molecule has 8 heteroatoms. The lowest BCUT2D eigenvalue weighted by atomic mass is 10.0. The quantitative estimate of drug-likeness (QED) is 0.521. The highest BCUT2D eigenvalue weighted by molar-refractivity contribution is 6.46. The zero-order valence-electron chi connectivity index (χ0n) is 18.1. The van der Waals surface area contributed by atoms with Gasteiger partial charge in [-0.25, -0.2) is 13.7 Å². The Labute approximate surface area is 189 Å². The van der Waals surface area contributed by atoms with Gasteiger partial charge in [-0.05, 0) is 42.0 Å². The van der Waals surface area contributed by atoms with Crippen LogP contribution in [0.5, 0.6) is 11.5 Å². The molecule has 3 aromatic carbocycles. The van der Waals surface area contributed by atoms with Crippen LogP contribution in [0.15, 0.2) is 72.4 Å². The molecule has 1 aliphatic heterocycles. The number of rotatable bonds is 6. The Morgan fingerprint density at radius 1 is 0.788 bits per heavy atom. The first-order valence-electron chi connectivity index (χ1n) is 9.96. The number of anilines is 2. The van der Waals surface area contributed by atoms with Crippen LogP contribution in [0, 0.1) is 11.6 Å². The fourth-order valence-corrected chi connectivity index (χ4v) is 3.72. The Kier molecular flexibility index (Phi) is 5.83. The van der Waals surface area contributed by atoms with Crippen LogP contribution in [0.2, 0.25) is 0 Å². The fraction of sp³-hybridized carbons (Fsp3) is 0.120. The van der Waals surface area contributed by atoms with Crippen molar-refractivity contribution in [2.75, 3.05) is 31.1 Å². The molecule has 2 amide bonds. The van der Waals surface area contributed by atoms with Crippen LogP contribution in [0.1, 0.15) is 5.56 Å². The average molecular weight is 450 g/mol. The number of likely N-dealkylation sites (N-methyl/N-ethyl adjacent to an activating group) is 1. The molecule has 3 aromatic rings. The van der Waals surface area contributed by atoms with Gasteiger partial charge in [0.1, 0.15) is 5.70 Å². The Bertz CT molecular complexity index is 1270. The summed E-state index contributed by atoms with van der Waals surface area (Å²) >= 11 is 0. The van der Waals surface area contributed by atoms with Gasteiger partial charge in [0.2, 0.25) is 0 Å². The maximum absolute atomic E-state index is 13.9. The zero-order chi connectivity index (χ0) is 23.7. The van der Waals surface area contributed by atoms with E-state index >= 15 is 0 Å². The second-order valence-electron chi connectivity index (χ2n) is 7.23. The van der Waals surface area contributed by atoms with Crippen LogP contribution in [-0.2, 0) is 9.59 Å². The third-order valence-corrected chi connectivity index (χ3v) is 5.37. The molecule has 1 aliphatic rings. The molecule has 0 saturated carbocycles. The molecule has 0 radical (unpaired) electrons. The van der Waals surface area contributed by atoms with Crippen molar-refractivity contribution in [3.63, 3.8) is 0 Å². The number of nitrogens with zero attached hydrogens (tertiary/aromatic N) is 2. The largest absolute Gasteiger partial charge is 0.493 e. The lowest BCUT2D eigenvalue weighted by Gasteiger charge is -2.21. The summed E-state index contributed by atoms with van der Waals surface area (Å²) in [5.41, 5.74) is 1.19. The van der Waals surface area contributed by atoms with Crippen LogP contribution < -0.4 is 19.3 Å². The second-order valence-corrected chi connectivity index (χ2v) is 7.23. The molecule has 0 bridgehead atoms. The number of carbonyl (C=O) groups excluding carboxylic acids is 2. The molecule has 0 N–H and O–H groups in total. The molecule has 4 rings (SSSR count). The number of para-hydroxylation sites is 1. The van der Waals surface area contributed by atoms with E-state index in [4.69, 9.17) is 9.47 Å². The predicted molar refractivity (Wildman–Crippen MR) is 120 cm³/mol. The summed E-state index contributed by atoms with van der Waals surface area (Å²) in [6.45, 7) is 0. The van der Waals surface area contributed by atoms with Crippen LogP contribution in [-0.4, -0.2) is 33.1 Å². The van der Waals surface area contributed by atoms with Gasteiger partial charge < -0.3 is 14.4 Å². The van der Waals surface area contributed by atoms with Crippen molar-refractivity contribution in [3.8, 4) is 11.5 Å². The molecule has 0 aromatic heterocycles. The summed E-state index contributed by atoms with van der Waals surface area (Å²) < 4.78 is 38.1. The Hall–Kier alpha value is -4.20. The van der Waals surface area contributed by atoms with E-state index in [9.17, 15) is 18.4 Å². The molecule has 33 heavy (non-hydrogen) atoms. The van der Waals surface area contributed by atoms with E-state index in [0.29, 0.717) is 22.7 Å². The summed E-state index contributed by atoms with van der Waals surface area (Å²) in [5.74, 6) is -2.75. The maximum atomic E-state index is 13.9. The molecule has 0 fully saturated rings. The van der Waals surface area contributed by atoms with Crippen molar-refractivity contribution in [3.05, 3.63) is 89.6 Å². The summed E-state index contributed by atoms with van der Waals surface area (Å²) in [6.07, 6.45) is 0. The fourth-order valence-electron chi connectivity index (χ4n) is 3.72. The Morgan fingerprint density at radius 3 is 2.12 bits per heavy atom. The number of methoxy groups -OCH3 is 2. The molecule has 0 spiro atoms. The zero-order valence-corrected chi connectivity index (χ0v) is 18.1. The molecule has 1 heterocycles. The molecule has 0 atom stereocenters. The van der Waals surface area contributed by atoms with Gasteiger partial charge in [0.25, 0.3) is 11.8 Å². The molecule has 0 unspecified atom stereocenters. The first-order chi connectivity index (χ1) is 15.9. The van der Waals surface area contributed by atoms with Gasteiger partial charge in [0.15, 0.2) is 23.1 Å². The molecule has 0 aliphatic carbocycles. The van der Waals surface area contributed by atoms with Crippen molar-refractivity contribution in [1.82, 2.24) is 0 Å². The monoisotopic (exact) mass is 450 g/mol. The highest BCUT2D eigenvalue weighted by Gasteiger charge is 2.42. The Balaban J connectivity index is 1.90. The van der Waals surface area contributed by atoms with Crippen molar-refractivity contribution < 1.29 is 27.8 Å². The van der Waals surface area contributed by atoms with Crippen molar-refractivity contribution >= 4 is 28.8 Å². The van der Waals surface area contributed by atoms with Crippen molar-refractivity contribution in [2.24, 2.45) is 0 Å². The Morgan fingerprint density at radius 2 is 1.48 bits per heavy atom. The van der Waals surface area contributed by atoms with Gasteiger partial charge in [-0.1, -0.05) is 24.3 Å². The number of benzene rings is 3. The number of hydrogen-bond donors (Lipinski definition) is 0. The van der Waals surface area contributed by atoms with Gasteiger partial charge in [-0.2, -0.15) is 0 Å². The topological polar surface area (TPSA) is 59.1 Å². The van der Waals surface area contributed by atoms with E-state index in [0.717, 1.165) is 17.0 Å². The minimum atomic E-state index is -1.16. The molecule has 6 nitrogen and oxygen atoms in total. The number of ether oxygens (including phenoxy) is 2. The summed E-state index contributed by atoms with van der Waals surface area (Å²) in [6, 6.07) is 16.7. The van der Waals surface area contributed by atoms with Crippen LogP contribution in [0.4, 0.5) is 20.2 Å². The normalized spacial score (nSPS) is 13.5. The lowest BCUT2D eigenvalue weighted by Crippen LogP contribution is -2.34. The summed E-state index contributed by atoms with van der Waals surface area (Å²) in [7, 11) is 4.61. The van der Waals surface area contributed by atoms with E-state index < -0.39 is 23.4 Å². The van der Waals surface area contributed by atoms with Crippen LogP contribution >= 0.6 is 0 Å². The highest BCUT2D eigenvalue weighted by atomic mass is 19.2. The minimum absolute atomic E-state index is 0.0710. The summed E-state index contributed by atoms with van der Waals surface area (Å²) in [4.78, 5) is 29.5. The van der Waals surface area contributed by atoms with Gasteiger partial charge >= 0.3 is 0 Å². The first-order valence-corrected chi connectivity index (χ1v) is 9.96. The highest BCUT2D eigenvalue weighted by Crippen LogP contribution is 2.39. The summed E-state index contributed by atoms with van der Waals surface area (Å²) in [5, 5.41) is 0. The van der Waals surface area contributed by atoms with E-state index in [1.165, 1.54) is 20.3 Å². The van der Waals surface area contributed by atoms with Crippen LogP contribution in [0.25, 0.3) is 5.57 Å². The number of halogens is 2. The average Bonchev–Trinajstić information content (AvgIpc) is 3.10.